The molecule has 0 aliphatic rings. The molecule has 0 unspecified atom stereocenters. The molecule has 1 N–H and O–H groups in total. The molecule has 0 rings (SSSR count). The highest BCUT2D eigenvalue weighted by Crippen LogP contribution is 2.26. The molecule has 1 heteroatoms. The SMILES string of the molecule is CC.CC(C)/C=C\C(=C/C=N)C(C)(C)C. The van der Waals surface area contributed by atoms with Crippen molar-refractivity contribution in [2.75, 3.05) is 0 Å². The van der Waals surface area contributed by atoms with Crippen molar-refractivity contribution in [2.45, 2.75) is 48.5 Å². The van der Waals surface area contributed by atoms with Gasteiger partial charge in [-0.15, -0.1) is 0 Å². The van der Waals surface area contributed by atoms with E-state index in [1.54, 1.807) is 0 Å². The molecule has 0 fully saturated rings. The minimum atomic E-state index is 0.128. The minimum Gasteiger partial charge on any atom is -0.309 e. The second kappa shape index (κ2) is 8.46. The molecule has 0 spiro atoms. The van der Waals surface area contributed by atoms with Crippen molar-refractivity contribution < 1.29 is 0 Å². The second-order valence-electron chi connectivity index (χ2n) is 4.64. The molecule has 15 heavy (non-hydrogen) atoms. The Bertz CT molecular complexity index is 214. The first-order chi connectivity index (χ1) is 6.88. The van der Waals surface area contributed by atoms with Crippen LogP contribution in [0.1, 0.15) is 48.5 Å². The van der Waals surface area contributed by atoms with Crippen molar-refractivity contribution in [1.82, 2.24) is 0 Å². The summed E-state index contributed by atoms with van der Waals surface area (Å²) in [6, 6.07) is 0. The highest BCUT2D eigenvalue weighted by atomic mass is 14.3. The van der Waals surface area contributed by atoms with Crippen LogP contribution in [-0.2, 0) is 0 Å². The van der Waals surface area contributed by atoms with E-state index in [1.807, 2.05) is 19.9 Å². The van der Waals surface area contributed by atoms with Crippen LogP contribution in [0.3, 0.4) is 0 Å². The van der Waals surface area contributed by atoms with Crippen molar-refractivity contribution in [2.24, 2.45) is 11.3 Å². The van der Waals surface area contributed by atoms with Gasteiger partial charge in [-0.2, -0.15) is 0 Å². The summed E-state index contributed by atoms with van der Waals surface area (Å²) in [6.45, 7) is 14.8. The summed E-state index contributed by atoms with van der Waals surface area (Å²) in [4.78, 5) is 0. The van der Waals surface area contributed by atoms with Crippen molar-refractivity contribution in [3.8, 4) is 0 Å². The van der Waals surface area contributed by atoms with E-state index in [1.165, 1.54) is 11.8 Å². The van der Waals surface area contributed by atoms with Crippen LogP contribution in [0, 0.1) is 16.7 Å². The standard InChI is InChI=1S/C12H21N.C2H6/c1-10(2)6-7-11(8-9-13)12(3,4)5;1-2/h6-10,13H,1-5H3;1-2H3/b7-6-,11-8+,13-9?;. The van der Waals surface area contributed by atoms with Gasteiger partial charge in [-0.1, -0.05) is 60.6 Å². The van der Waals surface area contributed by atoms with E-state index in [9.17, 15) is 0 Å². The average molecular weight is 209 g/mol. The summed E-state index contributed by atoms with van der Waals surface area (Å²) in [5.41, 5.74) is 1.33. The maximum absolute atomic E-state index is 7.06. The summed E-state index contributed by atoms with van der Waals surface area (Å²) in [5, 5.41) is 7.06. The molecule has 0 aliphatic carbocycles. The lowest BCUT2D eigenvalue weighted by molar-refractivity contribution is 0.517. The van der Waals surface area contributed by atoms with Gasteiger partial charge in [0.1, 0.15) is 0 Å². The predicted molar refractivity (Wildman–Crippen MR) is 71.6 cm³/mol. The normalized spacial score (nSPS) is 12.7. The van der Waals surface area contributed by atoms with Crippen LogP contribution in [0.25, 0.3) is 0 Å². The number of nitrogens with one attached hydrogen (secondary N) is 1. The third kappa shape index (κ3) is 9.45. The Kier molecular flexibility index (Phi) is 9.35. The van der Waals surface area contributed by atoms with Crippen LogP contribution in [-0.4, -0.2) is 6.21 Å². The first-order valence-electron chi connectivity index (χ1n) is 5.77. The van der Waals surface area contributed by atoms with Gasteiger partial charge in [0.05, 0.1) is 0 Å². The minimum absolute atomic E-state index is 0.128. The zero-order chi connectivity index (χ0) is 12.5. The lowest BCUT2D eigenvalue weighted by Crippen LogP contribution is -2.07. The molecule has 0 bridgehead atoms. The fourth-order valence-corrected chi connectivity index (χ4v) is 0.941. The van der Waals surface area contributed by atoms with Gasteiger partial charge in [-0.25, -0.2) is 0 Å². The van der Waals surface area contributed by atoms with Crippen LogP contribution >= 0.6 is 0 Å². The van der Waals surface area contributed by atoms with E-state index in [0.29, 0.717) is 5.92 Å². The monoisotopic (exact) mass is 209 g/mol. The average Bonchev–Trinajstić information content (AvgIpc) is 2.13. The molecular weight excluding hydrogens is 182 g/mol. The van der Waals surface area contributed by atoms with E-state index < -0.39 is 0 Å². The third-order valence-electron chi connectivity index (χ3n) is 1.79. The molecule has 1 nitrogen and oxygen atoms in total. The first-order valence-corrected chi connectivity index (χ1v) is 5.77. The molecule has 0 atom stereocenters. The van der Waals surface area contributed by atoms with E-state index in [4.69, 9.17) is 5.41 Å². The van der Waals surface area contributed by atoms with E-state index in [0.717, 1.165) is 0 Å². The Balaban J connectivity index is 0. The molecule has 88 valence electrons. The van der Waals surface area contributed by atoms with Crippen molar-refractivity contribution in [3.63, 3.8) is 0 Å². The van der Waals surface area contributed by atoms with Gasteiger partial charge in [0, 0.05) is 6.21 Å². The van der Waals surface area contributed by atoms with Gasteiger partial charge in [-0.05, 0) is 23.0 Å². The lowest BCUT2D eigenvalue weighted by Gasteiger charge is -2.19. The predicted octanol–water partition coefficient (Wildman–Crippen LogP) is 4.85. The third-order valence-corrected chi connectivity index (χ3v) is 1.79. The molecule has 0 aromatic carbocycles. The lowest BCUT2D eigenvalue weighted by atomic mass is 9.85. The molecule has 0 radical (unpaired) electrons. The maximum atomic E-state index is 7.06. The molecule has 0 aliphatic heterocycles. The zero-order valence-corrected chi connectivity index (χ0v) is 11.4. The van der Waals surface area contributed by atoms with Gasteiger partial charge in [0.25, 0.3) is 0 Å². The molecule has 0 aromatic heterocycles. The Morgan fingerprint density at radius 1 is 1.13 bits per heavy atom. The van der Waals surface area contributed by atoms with Crippen molar-refractivity contribution in [1.29, 1.82) is 5.41 Å². The summed E-state index contributed by atoms with van der Waals surface area (Å²) >= 11 is 0. The van der Waals surface area contributed by atoms with E-state index >= 15 is 0 Å². The topological polar surface area (TPSA) is 23.9 Å². The van der Waals surface area contributed by atoms with Crippen LogP contribution < -0.4 is 0 Å². The Morgan fingerprint density at radius 2 is 1.60 bits per heavy atom. The fourth-order valence-electron chi connectivity index (χ4n) is 0.941. The zero-order valence-electron chi connectivity index (χ0n) is 11.4. The number of allylic oxidation sites excluding steroid dienone is 4. The fraction of sp³-hybridized carbons (Fsp3) is 0.643. The Morgan fingerprint density at radius 3 is 1.87 bits per heavy atom. The summed E-state index contributed by atoms with van der Waals surface area (Å²) < 4.78 is 0. The van der Waals surface area contributed by atoms with Crippen LogP contribution in [0.5, 0.6) is 0 Å². The molecular formula is C14H27N. The van der Waals surface area contributed by atoms with Gasteiger partial charge < -0.3 is 5.41 Å². The smallest absolute Gasteiger partial charge is 0.0180 e. The van der Waals surface area contributed by atoms with E-state index in [2.05, 4.69) is 46.8 Å². The molecule has 0 saturated heterocycles. The maximum Gasteiger partial charge on any atom is 0.0180 e. The van der Waals surface area contributed by atoms with Gasteiger partial charge in [0.2, 0.25) is 0 Å². The first kappa shape index (κ1) is 16.6. The Labute approximate surface area is 95.8 Å². The number of hydrogen-bond donors (Lipinski definition) is 1. The molecule has 0 saturated carbocycles. The quantitative estimate of drug-likeness (QED) is 0.507. The molecule has 0 heterocycles. The Hall–Kier alpha value is -0.850. The van der Waals surface area contributed by atoms with Crippen LogP contribution in [0.15, 0.2) is 23.8 Å². The van der Waals surface area contributed by atoms with Gasteiger partial charge in [-0.3, -0.25) is 0 Å². The van der Waals surface area contributed by atoms with Crippen molar-refractivity contribution in [3.05, 3.63) is 23.8 Å². The summed E-state index contributed by atoms with van der Waals surface area (Å²) in [7, 11) is 0. The summed E-state index contributed by atoms with van der Waals surface area (Å²) in [6.07, 6.45) is 7.50. The highest BCUT2D eigenvalue weighted by Gasteiger charge is 2.13. The van der Waals surface area contributed by atoms with Crippen LogP contribution in [0.2, 0.25) is 0 Å². The second-order valence-corrected chi connectivity index (χ2v) is 4.64. The number of rotatable bonds is 3. The van der Waals surface area contributed by atoms with E-state index in [-0.39, 0.29) is 5.41 Å². The molecule has 0 aromatic rings. The summed E-state index contributed by atoms with van der Waals surface area (Å²) in [5.74, 6) is 0.566. The van der Waals surface area contributed by atoms with Gasteiger partial charge in [0.15, 0.2) is 0 Å². The number of hydrogen-bond acceptors (Lipinski definition) is 1. The van der Waals surface area contributed by atoms with Crippen LogP contribution in [0.4, 0.5) is 0 Å². The van der Waals surface area contributed by atoms with Crippen molar-refractivity contribution >= 4 is 6.21 Å². The van der Waals surface area contributed by atoms with Gasteiger partial charge >= 0.3 is 0 Å². The largest absolute Gasteiger partial charge is 0.309 e. The highest BCUT2D eigenvalue weighted by molar-refractivity contribution is 5.70. The molecule has 0 amide bonds.